The van der Waals surface area contributed by atoms with Crippen molar-refractivity contribution in [1.29, 1.82) is 0 Å². The lowest BCUT2D eigenvalue weighted by Gasteiger charge is -2.08. The number of aromatic hydroxyl groups is 1. The lowest BCUT2D eigenvalue weighted by molar-refractivity contribution is 0.0693. The second-order valence-electron chi connectivity index (χ2n) is 3.98. The number of carbonyl (C=O) groups is 2. The van der Waals surface area contributed by atoms with E-state index < -0.39 is 12.0 Å². The minimum absolute atomic E-state index is 0.263. The first-order valence-corrected chi connectivity index (χ1v) is 6.63. The van der Waals surface area contributed by atoms with Gasteiger partial charge in [0, 0.05) is 12.2 Å². The molecule has 0 fully saturated rings. The molecule has 20 heavy (non-hydrogen) atoms. The van der Waals surface area contributed by atoms with E-state index in [0.717, 1.165) is 5.56 Å². The van der Waals surface area contributed by atoms with Crippen LogP contribution >= 0.6 is 11.3 Å². The van der Waals surface area contributed by atoms with Gasteiger partial charge in [0.1, 0.15) is 11.3 Å². The van der Waals surface area contributed by atoms with Crippen molar-refractivity contribution in [2.24, 2.45) is 0 Å². The lowest BCUT2D eigenvalue weighted by atomic mass is 10.2. The Hall–Kier alpha value is -2.54. The number of aromatic carboxylic acids is 1. The molecule has 0 saturated carbocycles. The molecule has 1 aromatic heterocycles. The lowest BCUT2D eigenvalue weighted by Crippen LogP contribution is -2.28. The van der Waals surface area contributed by atoms with E-state index >= 15 is 0 Å². The second-order valence-corrected chi connectivity index (χ2v) is 4.76. The van der Waals surface area contributed by atoms with Crippen LogP contribution in [-0.4, -0.2) is 22.2 Å². The van der Waals surface area contributed by atoms with E-state index in [1.165, 1.54) is 29.5 Å². The van der Waals surface area contributed by atoms with Crippen molar-refractivity contribution in [3.8, 4) is 5.75 Å². The van der Waals surface area contributed by atoms with Crippen LogP contribution in [0.5, 0.6) is 5.75 Å². The van der Waals surface area contributed by atoms with E-state index in [4.69, 9.17) is 5.11 Å². The Bertz CT molecular complexity index is 625. The highest BCUT2D eigenvalue weighted by Gasteiger charge is 2.11. The maximum atomic E-state index is 11.6. The van der Waals surface area contributed by atoms with Crippen LogP contribution in [0, 0.1) is 0 Å². The summed E-state index contributed by atoms with van der Waals surface area (Å²) in [5.41, 5.74) is 1.02. The highest BCUT2D eigenvalue weighted by molar-refractivity contribution is 7.07. The van der Waals surface area contributed by atoms with Gasteiger partial charge in [0.2, 0.25) is 0 Å². The summed E-state index contributed by atoms with van der Waals surface area (Å²) in [4.78, 5) is 22.5. The summed E-state index contributed by atoms with van der Waals surface area (Å²) in [5.74, 6) is -1.61. The van der Waals surface area contributed by atoms with Gasteiger partial charge in [-0.3, -0.25) is 0 Å². The number of rotatable bonds is 4. The number of carboxylic acids is 1. The third-order valence-electron chi connectivity index (χ3n) is 2.52. The quantitative estimate of drug-likeness (QED) is 0.650. The number of carbonyl (C=O) groups excluding carboxylic acids is 1. The predicted octanol–water partition coefficient (Wildman–Crippen LogP) is 2.47. The SMILES string of the molecule is O=C(NCc1ccsc1)Nc1ccc(O)c(C(=O)O)c1. The topological polar surface area (TPSA) is 98.7 Å². The van der Waals surface area contributed by atoms with E-state index in [2.05, 4.69) is 10.6 Å². The number of phenols is 1. The van der Waals surface area contributed by atoms with Crippen LogP contribution in [0.2, 0.25) is 0 Å². The van der Waals surface area contributed by atoms with Crippen LogP contribution in [0.1, 0.15) is 15.9 Å². The fourth-order valence-corrected chi connectivity index (χ4v) is 2.20. The summed E-state index contributed by atoms with van der Waals surface area (Å²) in [5, 5.41) is 27.2. The molecule has 0 aliphatic rings. The van der Waals surface area contributed by atoms with Crippen LogP contribution in [-0.2, 0) is 6.54 Å². The van der Waals surface area contributed by atoms with Gasteiger partial charge in [0.05, 0.1) is 0 Å². The molecule has 0 radical (unpaired) electrons. The van der Waals surface area contributed by atoms with Gasteiger partial charge in [-0.15, -0.1) is 0 Å². The third-order valence-corrected chi connectivity index (χ3v) is 3.25. The average molecular weight is 292 g/mol. The summed E-state index contributed by atoms with van der Waals surface area (Å²) in [6.45, 7) is 0.388. The number of carboxylic acid groups (broad SMARTS) is 1. The van der Waals surface area contributed by atoms with Crippen LogP contribution in [0.4, 0.5) is 10.5 Å². The van der Waals surface area contributed by atoms with Crippen molar-refractivity contribution in [2.45, 2.75) is 6.54 Å². The Balaban J connectivity index is 1.97. The second kappa shape index (κ2) is 6.07. The smallest absolute Gasteiger partial charge is 0.339 e. The number of anilines is 1. The molecule has 4 N–H and O–H groups in total. The maximum Gasteiger partial charge on any atom is 0.339 e. The van der Waals surface area contributed by atoms with Gasteiger partial charge in [-0.25, -0.2) is 9.59 Å². The zero-order valence-electron chi connectivity index (χ0n) is 10.3. The number of benzene rings is 1. The van der Waals surface area contributed by atoms with E-state index in [1.807, 2.05) is 16.8 Å². The fourth-order valence-electron chi connectivity index (χ4n) is 1.54. The summed E-state index contributed by atoms with van der Waals surface area (Å²) in [6.07, 6.45) is 0. The Morgan fingerprint density at radius 1 is 1.25 bits per heavy atom. The van der Waals surface area contributed by atoms with E-state index in [1.54, 1.807) is 0 Å². The number of thiophene rings is 1. The minimum atomic E-state index is -1.26. The van der Waals surface area contributed by atoms with Crippen molar-refractivity contribution < 1.29 is 19.8 Å². The molecule has 0 aliphatic heterocycles. The van der Waals surface area contributed by atoms with E-state index in [-0.39, 0.29) is 11.3 Å². The van der Waals surface area contributed by atoms with Gasteiger partial charge in [0.25, 0.3) is 0 Å². The molecule has 2 aromatic rings. The Kier molecular flexibility index (Phi) is 4.21. The number of nitrogens with one attached hydrogen (secondary N) is 2. The molecule has 2 rings (SSSR count). The number of hydrogen-bond acceptors (Lipinski definition) is 4. The van der Waals surface area contributed by atoms with Crippen molar-refractivity contribution in [3.05, 3.63) is 46.2 Å². The Morgan fingerprint density at radius 2 is 2.05 bits per heavy atom. The predicted molar refractivity (Wildman–Crippen MR) is 75.2 cm³/mol. The molecular weight excluding hydrogens is 280 g/mol. The zero-order valence-corrected chi connectivity index (χ0v) is 11.1. The van der Waals surface area contributed by atoms with E-state index in [9.17, 15) is 14.7 Å². The van der Waals surface area contributed by atoms with Crippen LogP contribution in [0.25, 0.3) is 0 Å². The Morgan fingerprint density at radius 3 is 2.70 bits per heavy atom. The van der Waals surface area contributed by atoms with Crippen molar-refractivity contribution >= 4 is 29.0 Å². The molecule has 0 spiro atoms. The number of amides is 2. The molecular formula is C13H12N2O4S. The molecule has 0 saturated heterocycles. The van der Waals surface area contributed by atoms with Gasteiger partial charge in [-0.2, -0.15) is 11.3 Å². The normalized spacial score (nSPS) is 10.0. The maximum absolute atomic E-state index is 11.6. The standard InChI is InChI=1S/C13H12N2O4S/c16-11-2-1-9(5-10(11)12(17)18)15-13(19)14-6-8-3-4-20-7-8/h1-5,7,16H,6H2,(H,17,18)(H2,14,15,19). The van der Waals surface area contributed by atoms with Crippen LogP contribution < -0.4 is 10.6 Å². The van der Waals surface area contributed by atoms with Crippen molar-refractivity contribution in [1.82, 2.24) is 5.32 Å². The van der Waals surface area contributed by atoms with Crippen molar-refractivity contribution in [3.63, 3.8) is 0 Å². The highest BCUT2D eigenvalue weighted by Crippen LogP contribution is 2.21. The number of hydrogen-bond donors (Lipinski definition) is 4. The first-order chi connectivity index (χ1) is 9.56. The summed E-state index contributed by atoms with van der Waals surface area (Å²) < 4.78 is 0. The zero-order chi connectivity index (χ0) is 14.5. The average Bonchev–Trinajstić information content (AvgIpc) is 2.91. The molecule has 6 nitrogen and oxygen atoms in total. The van der Waals surface area contributed by atoms with Crippen LogP contribution in [0.3, 0.4) is 0 Å². The Labute approximate surface area is 118 Å². The summed E-state index contributed by atoms with van der Waals surface area (Å²) in [7, 11) is 0. The van der Waals surface area contributed by atoms with Gasteiger partial charge in [-0.05, 0) is 40.6 Å². The van der Waals surface area contributed by atoms with Crippen molar-refractivity contribution in [2.75, 3.05) is 5.32 Å². The molecule has 1 aromatic carbocycles. The van der Waals surface area contributed by atoms with E-state index in [0.29, 0.717) is 12.2 Å². The molecule has 0 bridgehead atoms. The van der Waals surface area contributed by atoms with Gasteiger partial charge in [-0.1, -0.05) is 0 Å². The first kappa shape index (κ1) is 13.9. The van der Waals surface area contributed by atoms with Gasteiger partial charge < -0.3 is 20.8 Å². The summed E-state index contributed by atoms with van der Waals surface area (Å²) >= 11 is 1.54. The molecule has 7 heteroatoms. The van der Waals surface area contributed by atoms with Gasteiger partial charge in [0.15, 0.2) is 0 Å². The first-order valence-electron chi connectivity index (χ1n) is 5.68. The van der Waals surface area contributed by atoms with Crippen LogP contribution in [0.15, 0.2) is 35.0 Å². The minimum Gasteiger partial charge on any atom is -0.507 e. The summed E-state index contributed by atoms with van der Waals surface area (Å²) in [6, 6.07) is 5.29. The third kappa shape index (κ3) is 3.48. The molecule has 2 amide bonds. The molecule has 0 aliphatic carbocycles. The monoisotopic (exact) mass is 292 g/mol. The highest BCUT2D eigenvalue weighted by atomic mass is 32.1. The fraction of sp³-hybridized carbons (Fsp3) is 0.0769. The largest absolute Gasteiger partial charge is 0.507 e. The molecule has 104 valence electrons. The molecule has 0 unspecified atom stereocenters. The molecule has 0 atom stereocenters. The molecule has 1 heterocycles. The van der Waals surface area contributed by atoms with Gasteiger partial charge >= 0.3 is 12.0 Å². The number of urea groups is 1.